The minimum absolute atomic E-state index is 0.0123. The molecule has 3 nitrogen and oxygen atoms in total. The van der Waals surface area contributed by atoms with Crippen molar-refractivity contribution in [2.75, 3.05) is 18.4 Å². The summed E-state index contributed by atoms with van der Waals surface area (Å²) in [7, 11) is 0. The highest BCUT2D eigenvalue weighted by Crippen LogP contribution is 2.35. The van der Waals surface area contributed by atoms with Gasteiger partial charge < -0.3 is 11.1 Å². The van der Waals surface area contributed by atoms with Gasteiger partial charge in [0, 0.05) is 12.2 Å². The van der Waals surface area contributed by atoms with Crippen LogP contribution in [0.1, 0.15) is 17.5 Å². The minimum Gasteiger partial charge on any atom is -0.385 e. The van der Waals surface area contributed by atoms with Crippen LogP contribution in [0.4, 0.5) is 18.9 Å². The van der Waals surface area contributed by atoms with E-state index < -0.39 is 11.7 Å². The van der Waals surface area contributed by atoms with Crippen molar-refractivity contribution < 1.29 is 13.2 Å². The van der Waals surface area contributed by atoms with Crippen LogP contribution >= 0.6 is 0 Å². The first-order chi connectivity index (χ1) is 7.99. The number of alkyl halides is 3. The lowest BCUT2D eigenvalue weighted by Gasteiger charge is -2.14. The van der Waals surface area contributed by atoms with E-state index in [0.29, 0.717) is 19.5 Å². The molecular weight excluding hydrogens is 231 g/mol. The molecule has 0 aromatic heterocycles. The molecule has 0 unspecified atom stereocenters. The van der Waals surface area contributed by atoms with E-state index >= 15 is 0 Å². The first-order valence-corrected chi connectivity index (χ1v) is 5.04. The van der Waals surface area contributed by atoms with E-state index in [0.717, 1.165) is 6.07 Å². The largest absolute Gasteiger partial charge is 0.418 e. The zero-order valence-electron chi connectivity index (χ0n) is 9.01. The van der Waals surface area contributed by atoms with E-state index in [-0.39, 0.29) is 11.3 Å². The molecule has 1 aromatic rings. The van der Waals surface area contributed by atoms with Crippen LogP contribution in [0.3, 0.4) is 0 Å². The normalized spacial score (nSPS) is 11.0. The van der Waals surface area contributed by atoms with Crippen LogP contribution in [-0.2, 0) is 6.18 Å². The van der Waals surface area contributed by atoms with Crippen molar-refractivity contribution in [2.24, 2.45) is 5.73 Å². The van der Waals surface area contributed by atoms with Gasteiger partial charge in [-0.1, -0.05) is 0 Å². The highest BCUT2D eigenvalue weighted by molar-refractivity contribution is 5.56. The van der Waals surface area contributed by atoms with Crippen molar-refractivity contribution >= 4 is 5.69 Å². The molecule has 0 fully saturated rings. The fraction of sp³-hybridized carbons (Fsp3) is 0.364. The Morgan fingerprint density at radius 1 is 1.35 bits per heavy atom. The fourth-order valence-electron chi connectivity index (χ4n) is 1.33. The highest BCUT2D eigenvalue weighted by atomic mass is 19.4. The van der Waals surface area contributed by atoms with Crippen molar-refractivity contribution in [2.45, 2.75) is 12.6 Å². The number of anilines is 1. The van der Waals surface area contributed by atoms with Gasteiger partial charge in [-0.3, -0.25) is 0 Å². The smallest absolute Gasteiger partial charge is 0.385 e. The first-order valence-electron chi connectivity index (χ1n) is 5.04. The number of hydrogen-bond donors (Lipinski definition) is 2. The first kappa shape index (κ1) is 13.3. The lowest BCUT2D eigenvalue weighted by Crippen LogP contribution is -2.14. The number of benzene rings is 1. The van der Waals surface area contributed by atoms with Crippen LogP contribution in [0, 0.1) is 11.3 Å². The van der Waals surface area contributed by atoms with Crippen molar-refractivity contribution in [1.29, 1.82) is 5.26 Å². The number of halogens is 3. The maximum atomic E-state index is 12.7. The van der Waals surface area contributed by atoms with E-state index in [1.165, 1.54) is 12.1 Å². The topological polar surface area (TPSA) is 61.8 Å². The monoisotopic (exact) mass is 243 g/mol. The zero-order chi connectivity index (χ0) is 12.9. The van der Waals surface area contributed by atoms with Gasteiger partial charge in [-0.05, 0) is 31.2 Å². The Labute approximate surface area is 97.0 Å². The molecule has 0 aliphatic rings. The second-order valence-corrected chi connectivity index (χ2v) is 3.44. The second kappa shape index (κ2) is 5.55. The minimum atomic E-state index is -4.47. The van der Waals surface area contributed by atoms with Crippen molar-refractivity contribution in [3.05, 3.63) is 29.3 Å². The predicted molar refractivity (Wildman–Crippen MR) is 58.3 cm³/mol. The molecule has 0 atom stereocenters. The second-order valence-electron chi connectivity index (χ2n) is 3.44. The molecule has 1 rings (SSSR count). The number of nitriles is 1. The van der Waals surface area contributed by atoms with Gasteiger partial charge in [0.05, 0.1) is 17.2 Å². The number of nitrogens with two attached hydrogens (primary N) is 1. The van der Waals surface area contributed by atoms with Gasteiger partial charge in [0.2, 0.25) is 0 Å². The summed E-state index contributed by atoms with van der Waals surface area (Å²) in [5, 5.41) is 11.2. The zero-order valence-corrected chi connectivity index (χ0v) is 9.01. The molecule has 0 spiro atoms. The van der Waals surface area contributed by atoms with Crippen LogP contribution < -0.4 is 11.1 Å². The lowest BCUT2D eigenvalue weighted by atomic mass is 10.1. The third kappa shape index (κ3) is 3.64. The van der Waals surface area contributed by atoms with E-state index in [1.807, 2.05) is 0 Å². The van der Waals surface area contributed by atoms with E-state index in [9.17, 15) is 13.2 Å². The van der Waals surface area contributed by atoms with Gasteiger partial charge in [-0.25, -0.2) is 0 Å². The molecule has 1 aromatic carbocycles. The van der Waals surface area contributed by atoms with Crippen LogP contribution in [0.2, 0.25) is 0 Å². The lowest BCUT2D eigenvalue weighted by molar-refractivity contribution is -0.137. The Hall–Kier alpha value is -1.74. The molecular formula is C11H12F3N3. The molecule has 0 aliphatic heterocycles. The van der Waals surface area contributed by atoms with Gasteiger partial charge in [-0.15, -0.1) is 0 Å². The Balaban J connectivity index is 3.00. The standard InChI is InChI=1S/C11H12F3N3/c12-11(13,14)9-6-8(7-16)2-3-10(9)17-5-1-4-15/h2-3,6,17H,1,4-5,15H2. The summed E-state index contributed by atoms with van der Waals surface area (Å²) >= 11 is 0. The fourth-order valence-corrected chi connectivity index (χ4v) is 1.33. The van der Waals surface area contributed by atoms with Crippen molar-refractivity contribution in [1.82, 2.24) is 0 Å². The summed E-state index contributed by atoms with van der Waals surface area (Å²) in [5.41, 5.74) is 4.40. The Kier molecular flexibility index (Phi) is 4.35. The number of nitrogens with one attached hydrogen (secondary N) is 1. The third-order valence-electron chi connectivity index (χ3n) is 2.15. The van der Waals surface area contributed by atoms with Gasteiger partial charge in [0.1, 0.15) is 0 Å². The van der Waals surface area contributed by atoms with E-state index in [1.54, 1.807) is 6.07 Å². The molecule has 0 bridgehead atoms. The van der Waals surface area contributed by atoms with Gasteiger partial charge in [0.25, 0.3) is 0 Å². The van der Waals surface area contributed by atoms with E-state index in [2.05, 4.69) is 5.32 Å². The van der Waals surface area contributed by atoms with Crippen molar-refractivity contribution in [3.8, 4) is 6.07 Å². The van der Waals surface area contributed by atoms with Gasteiger partial charge in [-0.2, -0.15) is 18.4 Å². The van der Waals surface area contributed by atoms with Crippen LogP contribution in [0.5, 0.6) is 0 Å². The predicted octanol–water partition coefficient (Wildman–Crippen LogP) is 2.34. The van der Waals surface area contributed by atoms with E-state index in [4.69, 9.17) is 11.0 Å². The molecule has 0 aliphatic carbocycles. The van der Waals surface area contributed by atoms with Crippen LogP contribution in [0.25, 0.3) is 0 Å². The molecule has 3 N–H and O–H groups in total. The summed E-state index contributed by atoms with van der Waals surface area (Å²) in [4.78, 5) is 0. The van der Waals surface area contributed by atoms with Crippen molar-refractivity contribution in [3.63, 3.8) is 0 Å². The maximum Gasteiger partial charge on any atom is 0.418 e. The molecule has 0 saturated heterocycles. The maximum absolute atomic E-state index is 12.7. The quantitative estimate of drug-likeness (QED) is 0.798. The Morgan fingerprint density at radius 3 is 2.59 bits per heavy atom. The third-order valence-corrected chi connectivity index (χ3v) is 2.15. The highest BCUT2D eigenvalue weighted by Gasteiger charge is 2.33. The molecule has 17 heavy (non-hydrogen) atoms. The summed E-state index contributed by atoms with van der Waals surface area (Å²) in [6.07, 6.45) is -3.89. The molecule has 0 heterocycles. The molecule has 0 amide bonds. The van der Waals surface area contributed by atoms with Gasteiger partial charge in [0.15, 0.2) is 0 Å². The number of rotatable bonds is 4. The summed E-state index contributed by atoms with van der Waals surface area (Å²) < 4.78 is 38.1. The number of nitrogens with zero attached hydrogens (tertiary/aromatic N) is 1. The summed E-state index contributed by atoms with van der Waals surface area (Å²) in [6, 6.07) is 5.13. The van der Waals surface area contributed by atoms with Crippen LogP contribution in [-0.4, -0.2) is 13.1 Å². The Morgan fingerprint density at radius 2 is 2.06 bits per heavy atom. The molecule has 0 radical (unpaired) electrons. The average molecular weight is 243 g/mol. The Bertz CT molecular complexity index is 421. The molecule has 6 heteroatoms. The summed E-state index contributed by atoms with van der Waals surface area (Å²) in [6.45, 7) is 0.774. The average Bonchev–Trinajstić information content (AvgIpc) is 2.28. The SMILES string of the molecule is N#Cc1ccc(NCCCN)c(C(F)(F)F)c1. The summed E-state index contributed by atoms with van der Waals surface area (Å²) in [5.74, 6) is 0. The molecule has 92 valence electrons. The van der Waals surface area contributed by atoms with Crippen LogP contribution in [0.15, 0.2) is 18.2 Å². The number of hydrogen-bond acceptors (Lipinski definition) is 3. The van der Waals surface area contributed by atoms with Gasteiger partial charge >= 0.3 is 6.18 Å². The molecule has 0 saturated carbocycles.